The van der Waals surface area contributed by atoms with Gasteiger partial charge in [-0.2, -0.15) is 0 Å². The number of hydrogen-bond acceptors (Lipinski definition) is 5. The molecule has 26 heavy (non-hydrogen) atoms. The van der Waals surface area contributed by atoms with Crippen molar-refractivity contribution >= 4 is 5.69 Å². The maximum atomic E-state index is 13.1. The number of anilines is 1. The SMILES string of the molecule is COc1ccc([C@H](O)CN2CCN(c3ccc(F)cc3)CC2)cc1OC. The normalized spacial score (nSPS) is 16.4. The molecule has 6 heteroatoms. The number of aliphatic hydroxyl groups excluding tert-OH is 1. The molecule has 0 saturated carbocycles. The van der Waals surface area contributed by atoms with E-state index in [9.17, 15) is 9.50 Å². The van der Waals surface area contributed by atoms with Crippen molar-refractivity contribution in [3.8, 4) is 11.5 Å². The van der Waals surface area contributed by atoms with Crippen LogP contribution in [0.15, 0.2) is 42.5 Å². The molecule has 1 aliphatic rings. The number of methoxy groups -OCH3 is 2. The van der Waals surface area contributed by atoms with Crippen molar-refractivity contribution in [1.82, 2.24) is 4.90 Å². The van der Waals surface area contributed by atoms with E-state index in [1.54, 1.807) is 14.2 Å². The highest BCUT2D eigenvalue weighted by atomic mass is 19.1. The number of nitrogens with zero attached hydrogens (tertiary/aromatic N) is 2. The van der Waals surface area contributed by atoms with E-state index in [1.807, 2.05) is 30.3 Å². The van der Waals surface area contributed by atoms with Crippen molar-refractivity contribution in [3.05, 3.63) is 53.8 Å². The van der Waals surface area contributed by atoms with Crippen molar-refractivity contribution in [3.63, 3.8) is 0 Å². The van der Waals surface area contributed by atoms with E-state index in [0.29, 0.717) is 18.0 Å². The van der Waals surface area contributed by atoms with Gasteiger partial charge in [-0.3, -0.25) is 4.90 Å². The zero-order chi connectivity index (χ0) is 18.5. The molecular weight excluding hydrogens is 335 g/mol. The first-order valence-electron chi connectivity index (χ1n) is 8.73. The van der Waals surface area contributed by atoms with Crippen LogP contribution in [-0.2, 0) is 0 Å². The number of hydrogen-bond donors (Lipinski definition) is 1. The van der Waals surface area contributed by atoms with E-state index in [0.717, 1.165) is 37.4 Å². The summed E-state index contributed by atoms with van der Waals surface area (Å²) < 4.78 is 23.6. The third-order valence-electron chi connectivity index (χ3n) is 4.79. The fourth-order valence-electron chi connectivity index (χ4n) is 3.25. The van der Waals surface area contributed by atoms with Gasteiger partial charge in [0.2, 0.25) is 0 Å². The average molecular weight is 360 g/mol. The van der Waals surface area contributed by atoms with Crippen LogP contribution in [-0.4, -0.2) is 56.9 Å². The highest BCUT2D eigenvalue weighted by Gasteiger charge is 2.21. The summed E-state index contributed by atoms with van der Waals surface area (Å²) in [5.41, 5.74) is 1.84. The number of piperazine rings is 1. The van der Waals surface area contributed by atoms with Crippen LogP contribution in [0.2, 0.25) is 0 Å². The minimum Gasteiger partial charge on any atom is -0.493 e. The Kier molecular flexibility index (Phi) is 5.96. The van der Waals surface area contributed by atoms with Crippen molar-refractivity contribution in [2.75, 3.05) is 51.8 Å². The highest BCUT2D eigenvalue weighted by molar-refractivity contribution is 5.47. The van der Waals surface area contributed by atoms with Crippen LogP contribution in [0, 0.1) is 5.82 Å². The van der Waals surface area contributed by atoms with Crippen LogP contribution in [0.3, 0.4) is 0 Å². The first-order chi connectivity index (χ1) is 12.6. The van der Waals surface area contributed by atoms with Gasteiger partial charge in [0, 0.05) is 38.4 Å². The van der Waals surface area contributed by atoms with Crippen LogP contribution in [0.5, 0.6) is 11.5 Å². The average Bonchev–Trinajstić information content (AvgIpc) is 2.68. The third kappa shape index (κ3) is 4.26. The Morgan fingerprint density at radius 3 is 2.23 bits per heavy atom. The van der Waals surface area contributed by atoms with Gasteiger partial charge in [0.25, 0.3) is 0 Å². The molecule has 0 radical (unpaired) electrons. The second-order valence-corrected chi connectivity index (χ2v) is 6.39. The first kappa shape index (κ1) is 18.5. The lowest BCUT2D eigenvalue weighted by atomic mass is 10.1. The fraction of sp³-hybridized carbons (Fsp3) is 0.400. The van der Waals surface area contributed by atoms with E-state index in [4.69, 9.17) is 9.47 Å². The quantitative estimate of drug-likeness (QED) is 0.858. The third-order valence-corrected chi connectivity index (χ3v) is 4.79. The van der Waals surface area contributed by atoms with Gasteiger partial charge in [0.05, 0.1) is 20.3 Å². The Balaban J connectivity index is 1.56. The van der Waals surface area contributed by atoms with Gasteiger partial charge in [0.1, 0.15) is 5.82 Å². The maximum absolute atomic E-state index is 13.1. The molecule has 0 bridgehead atoms. The Labute approximate surface area is 153 Å². The Morgan fingerprint density at radius 2 is 1.62 bits per heavy atom. The number of rotatable bonds is 6. The minimum atomic E-state index is -0.591. The van der Waals surface area contributed by atoms with E-state index in [-0.39, 0.29) is 5.82 Å². The lowest BCUT2D eigenvalue weighted by molar-refractivity contribution is 0.109. The molecule has 5 nitrogen and oxygen atoms in total. The number of aliphatic hydroxyl groups is 1. The molecule has 1 N–H and O–H groups in total. The van der Waals surface area contributed by atoms with Gasteiger partial charge in [-0.15, -0.1) is 0 Å². The minimum absolute atomic E-state index is 0.217. The predicted octanol–water partition coefficient (Wildman–Crippen LogP) is 2.70. The monoisotopic (exact) mass is 360 g/mol. The summed E-state index contributed by atoms with van der Waals surface area (Å²) in [5.74, 6) is 1.05. The van der Waals surface area contributed by atoms with Crippen molar-refractivity contribution in [2.45, 2.75) is 6.10 Å². The summed E-state index contributed by atoms with van der Waals surface area (Å²) in [6, 6.07) is 12.1. The number of halogens is 1. The zero-order valence-corrected chi connectivity index (χ0v) is 15.2. The van der Waals surface area contributed by atoms with Gasteiger partial charge >= 0.3 is 0 Å². The smallest absolute Gasteiger partial charge is 0.161 e. The number of benzene rings is 2. The van der Waals surface area contributed by atoms with E-state index in [2.05, 4.69) is 9.80 Å². The molecule has 1 heterocycles. The Hall–Kier alpha value is -2.31. The molecule has 1 fully saturated rings. The van der Waals surface area contributed by atoms with Gasteiger partial charge < -0.3 is 19.5 Å². The topological polar surface area (TPSA) is 45.2 Å². The van der Waals surface area contributed by atoms with Crippen LogP contribution < -0.4 is 14.4 Å². The summed E-state index contributed by atoms with van der Waals surface area (Å²) in [5, 5.41) is 10.6. The molecule has 2 aromatic carbocycles. The van der Waals surface area contributed by atoms with Crippen LogP contribution >= 0.6 is 0 Å². The van der Waals surface area contributed by atoms with E-state index >= 15 is 0 Å². The second kappa shape index (κ2) is 8.38. The van der Waals surface area contributed by atoms with Crippen LogP contribution in [0.1, 0.15) is 11.7 Å². The summed E-state index contributed by atoms with van der Waals surface area (Å²) >= 11 is 0. The molecule has 140 valence electrons. The van der Waals surface area contributed by atoms with E-state index in [1.165, 1.54) is 12.1 Å². The molecule has 0 spiro atoms. The number of ether oxygens (including phenoxy) is 2. The van der Waals surface area contributed by atoms with Gasteiger partial charge in [-0.25, -0.2) is 4.39 Å². The first-order valence-corrected chi connectivity index (χ1v) is 8.73. The standard InChI is InChI=1S/C20H25FN2O3/c1-25-19-8-3-15(13-20(19)26-2)18(24)14-22-9-11-23(12-10-22)17-6-4-16(21)5-7-17/h3-8,13,18,24H,9-12,14H2,1-2H3/t18-/m1/s1. The molecule has 1 atom stereocenters. The Bertz CT molecular complexity index is 715. The van der Waals surface area contributed by atoms with Crippen LogP contribution in [0.4, 0.5) is 10.1 Å². The van der Waals surface area contributed by atoms with Gasteiger partial charge in [-0.1, -0.05) is 6.07 Å². The summed E-state index contributed by atoms with van der Waals surface area (Å²) in [4.78, 5) is 4.47. The number of β-amino-alcohol motifs (C(OH)–C–C–N with tert-alkyl or cyclic N) is 1. The summed E-state index contributed by atoms with van der Waals surface area (Å²) in [7, 11) is 3.18. The lowest BCUT2D eigenvalue weighted by Gasteiger charge is -2.37. The molecule has 3 rings (SSSR count). The largest absolute Gasteiger partial charge is 0.493 e. The van der Waals surface area contributed by atoms with Crippen molar-refractivity contribution < 1.29 is 19.0 Å². The van der Waals surface area contributed by atoms with Gasteiger partial charge in [-0.05, 0) is 42.0 Å². The molecule has 0 unspecified atom stereocenters. The van der Waals surface area contributed by atoms with Crippen LogP contribution in [0.25, 0.3) is 0 Å². The molecule has 1 aliphatic heterocycles. The Morgan fingerprint density at radius 1 is 0.962 bits per heavy atom. The summed E-state index contributed by atoms with van der Waals surface area (Å²) in [6.45, 7) is 3.96. The molecule has 2 aromatic rings. The predicted molar refractivity (Wildman–Crippen MR) is 99.6 cm³/mol. The highest BCUT2D eigenvalue weighted by Crippen LogP contribution is 2.30. The lowest BCUT2D eigenvalue weighted by Crippen LogP contribution is -2.47. The maximum Gasteiger partial charge on any atom is 0.161 e. The fourth-order valence-corrected chi connectivity index (χ4v) is 3.25. The van der Waals surface area contributed by atoms with E-state index < -0.39 is 6.10 Å². The van der Waals surface area contributed by atoms with Crippen molar-refractivity contribution in [1.29, 1.82) is 0 Å². The second-order valence-electron chi connectivity index (χ2n) is 6.39. The molecular formula is C20H25FN2O3. The van der Waals surface area contributed by atoms with Gasteiger partial charge in [0.15, 0.2) is 11.5 Å². The molecule has 1 saturated heterocycles. The molecule has 0 aromatic heterocycles. The zero-order valence-electron chi connectivity index (χ0n) is 15.2. The van der Waals surface area contributed by atoms with Crippen molar-refractivity contribution in [2.24, 2.45) is 0 Å². The summed E-state index contributed by atoms with van der Waals surface area (Å²) in [6.07, 6.45) is -0.591. The molecule has 0 amide bonds. The molecule has 0 aliphatic carbocycles.